The molecule has 2 aromatic carbocycles. The Morgan fingerprint density at radius 1 is 1.09 bits per heavy atom. The average Bonchev–Trinajstić information content (AvgIpc) is 2.81. The summed E-state index contributed by atoms with van der Waals surface area (Å²) in [4.78, 5) is 15.0. The number of hydrogen-bond donors (Lipinski definition) is 1. The number of benzene rings is 2. The van der Waals surface area contributed by atoms with E-state index in [1.807, 2.05) is 37.3 Å². The second-order valence-electron chi connectivity index (χ2n) is 8.59. The first-order valence-electron chi connectivity index (χ1n) is 11.7. The number of piperidine rings is 1. The molecule has 1 aliphatic heterocycles. The van der Waals surface area contributed by atoms with Crippen LogP contribution in [-0.2, 0) is 21.4 Å². The summed E-state index contributed by atoms with van der Waals surface area (Å²) in [6, 6.07) is 15.0. The fourth-order valence-electron chi connectivity index (χ4n) is 3.93. The molecule has 1 saturated heterocycles. The van der Waals surface area contributed by atoms with Gasteiger partial charge in [-0.15, -0.1) is 0 Å². The number of amides is 1. The maximum absolute atomic E-state index is 13.3. The van der Waals surface area contributed by atoms with Gasteiger partial charge in [0, 0.05) is 31.4 Å². The molecule has 2 aromatic rings. The van der Waals surface area contributed by atoms with Gasteiger partial charge >= 0.3 is 0 Å². The standard InChI is InChI=1S/C25H35N3O4S/c1-4-32-23-14-13-22(17-24(23)33(30,31)28-15-9-6-10-16-28)26-25(29)19-27(20(2)3)18-21-11-7-5-8-12-21/h5,7-8,11-14,17,20H,4,6,9-10,15-16,18-19H2,1-3H3,(H,26,29). The molecule has 1 fully saturated rings. The minimum atomic E-state index is -3.70. The third-order valence-electron chi connectivity index (χ3n) is 5.77. The van der Waals surface area contributed by atoms with Gasteiger partial charge in [0.05, 0.1) is 13.2 Å². The van der Waals surface area contributed by atoms with Crippen LogP contribution in [0.2, 0.25) is 0 Å². The van der Waals surface area contributed by atoms with E-state index >= 15 is 0 Å². The SMILES string of the molecule is CCOc1ccc(NC(=O)CN(Cc2ccccc2)C(C)C)cc1S(=O)(=O)N1CCCCC1. The molecule has 3 rings (SSSR count). The van der Waals surface area contributed by atoms with Crippen molar-refractivity contribution in [3.63, 3.8) is 0 Å². The molecule has 180 valence electrons. The van der Waals surface area contributed by atoms with Gasteiger partial charge in [0.25, 0.3) is 0 Å². The molecule has 33 heavy (non-hydrogen) atoms. The van der Waals surface area contributed by atoms with Gasteiger partial charge in [-0.2, -0.15) is 4.31 Å². The molecule has 0 aliphatic carbocycles. The van der Waals surface area contributed by atoms with E-state index in [4.69, 9.17) is 4.74 Å². The van der Waals surface area contributed by atoms with E-state index in [1.165, 1.54) is 10.4 Å². The van der Waals surface area contributed by atoms with E-state index in [0.717, 1.165) is 24.8 Å². The predicted molar refractivity (Wildman–Crippen MR) is 131 cm³/mol. The first kappa shape index (κ1) is 25.2. The number of carbonyl (C=O) groups is 1. The Kier molecular flexibility index (Phi) is 8.88. The van der Waals surface area contributed by atoms with Crippen LogP contribution in [-0.4, -0.2) is 55.8 Å². The Bertz CT molecular complexity index is 1020. The monoisotopic (exact) mass is 473 g/mol. The lowest BCUT2D eigenvalue weighted by molar-refractivity contribution is -0.117. The number of sulfonamides is 1. The molecule has 0 saturated carbocycles. The lowest BCUT2D eigenvalue weighted by Gasteiger charge is -2.27. The minimum absolute atomic E-state index is 0.106. The van der Waals surface area contributed by atoms with Crippen LogP contribution >= 0.6 is 0 Å². The smallest absolute Gasteiger partial charge is 0.246 e. The predicted octanol–water partition coefficient (Wildman–Crippen LogP) is 4.11. The van der Waals surface area contributed by atoms with Gasteiger partial charge in [-0.1, -0.05) is 36.8 Å². The maximum atomic E-state index is 13.3. The Hall–Kier alpha value is -2.42. The molecule has 0 atom stereocenters. The molecule has 8 heteroatoms. The van der Waals surface area contributed by atoms with Crippen molar-refractivity contribution in [1.29, 1.82) is 0 Å². The highest BCUT2D eigenvalue weighted by Crippen LogP contribution is 2.31. The fraction of sp³-hybridized carbons (Fsp3) is 0.480. The van der Waals surface area contributed by atoms with Crippen LogP contribution < -0.4 is 10.1 Å². The van der Waals surface area contributed by atoms with Crippen LogP contribution in [0.5, 0.6) is 5.75 Å². The summed E-state index contributed by atoms with van der Waals surface area (Å²) in [5, 5.41) is 2.88. The third kappa shape index (κ3) is 6.79. The lowest BCUT2D eigenvalue weighted by atomic mass is 10.2. The van der Waals surface area contributed by atoms with Crippen molar-refractivity contribution in [2.45, 2.75) is 57.5 Å². The highest BCUT2D eigenvalue weighted by atomic mass is 32.2. The molecule has 1 N–H and O–H groups in total. The van der Waals surface area contributed by atoms with Crippen molar-refractivity contribution < 1.29 is 17.9 Å². The fourth-order valence-corrected chi connectivity index (χ4v) is 5.60. The first-order valence-corrected chi connectivity index (χ1v) is 13.1. The van der Waals surface area contributed by atoms with Gasteiger partial charge in [-0.3, -0.25) is 9.69 Å². The highest BCUT2D eigenvalue weighted by Gasteiger charge is 2.29. The summed E-state index contributed by atoms with van der Waals surface area (Å²) in [6.45, 7) is 8.16. The third-order valence-corrected chi connectivity index (χ3v) is 7.69. The number of ether oxygens (including phenoxy) is 1. The van der Waals surface area contributed by atoms with Crippen molar-refractivity contribution >= 4 is 21.6 Å². The molecule has 0 radical (unpaired) electrons. The van der Waals surface area contributed by atoms with E-state index in [-0.39, 0.29) is 23.4 Å². The zero-order valence-electron chi connectivity index (χ0n) is 19.8. The summed E-state index contributed by atoms with van der Waals surface area (Å²) >= 11 is 0. The largest absolute Gasteiger partial charge is 0.492 e. The zero-order valence-corrected chi connectivity index (χ0v) is 20.6. The van der Waals surface area contributed by atoms with Crippen molar-refractivity contribution in [1.82, 2.24) is 9.21 Å². The average molecular weight is 474 g/mol. The van der Waals surface area contributed by atoms with Gasteiger partial charge in [0.2, 0.25) is 15.9 Å². The topological polar surface area (TPSA) is 79.0 Å². The first-order chi connectivity index (χ1) is 15.8. The second kappa shape index (κ2) is 11.6. The van der Waals surface area contributed by atoms with Crippen LogP contribution in [0.15, 0.2) is 53.4 Å². The maximum Gasteiger partial charge on any atom is 0.246 e. The Morgan fingerprint density at radius 2 is 1.79 bits per heavy atom. The van der Waals surface area contributed by atoms with Crippen LogP contribution in [0.3, 0.4) is 0 Å². The number of nitrogens with zero attached hydrogens (tertiary/aromatic N) is 2. The summed E-state index contributed by atoms with van der Waals surface area (Å²) in [5.41, 5.74) is 1.58. The molecule has 0 spiro atoms. The minimum Gasteiger partial charge on any atom is -0.492 e. The van der Waals surface area contributed by atoms with E-state index in [2.05, 4.69) is 24.1 Å². The highest BCUT2D eigenvalue weighted by molar-refractivity contribution is 7.89. The van der Waals surface area contributed by atoms with Gasteiger partial charge in [-0.25, -0.2) is 8.42 Å². The molecule has 1 amide bonds. The molecule has 0 bridgehead atoms. The Labute approximate surface area is 197 Å². The lowest BCUT2D eigenvalue weighted by Crippen LogP contribution is -2.37. The number of rotatable bonds is 10. The van der Waals surface area contributed by atoms with E-state index in [9.17, 15) is 13.2 Å². The van der Waals surface area contributed by atoms with Crippen molar-refractivity contribution in [2.24, 2.45) is 0 Å². The second-order valence-corrected chi connectivity index (χ2v) is 10.5. The van der Waals surface area contributed by atoms with Gasteiger partial charge in [-0.05, 0) is 57.4 Å². The van der Waals surface area contributed by atoms with Gasteiger partial charge in [0.15, 0.2) is 0 Å². The normalized spacial score (nSPS) is 15.1. The number of hydrogen-bond acceptors (Lipinski definition) is 5. The van der Waals surface area contributed by atoms with Crippen LogP contribution in [0.25, 0.3) is 0 Å². The van der Waals surface area contributed by atoms with E-state index < -0.39 is 10.0 Å². The summed E-state index contributed by atoms with van der Waals surface area (Å²) in [7, 11) is -3.70. The van der Waals surface area contributed by atoms with Gasteiger partial charge in [0.1, 0.15) is 10.6 Å². The van der Waals surface area contributed by atoms with Crippen molar-refractivity contribution in [3.05, 3.63) is 54.1 Å². The molecule has 0 aromatic heterocycles. The number of anilines is 1. The molecule has 0 unspecified atom stereocenters. The molecular formula is C25H35N3O4S. The quantitative estimate of drug-likeness (QED) is 0.562. The van der Waals surface area contributed by atoms with Gasteiger partial charge < -0.3 is 10.1 Å². The molecular weight excluding hydrogens is 438 g/mol. The Morgan fingerprint density at radius 3 is 2.42 bits per heavy atom. The molecule has 1 aliphatic rings. The van der Waals surface area contributed by atoms with Crippen LogP contribution in [0.1, 0.15) is 45.6 Å². The van der Waals surface area contributed by atoms with Crippen molar-refractivity contribution in [2.75, 3.05) is 31.6 Å². The number of nitrogens with one attached hydrogen (secondary N) is 1. The van der Waals surface area contributed by atoms with E-state index in [1.54, 1.807) is 12.1 Å². The summed E-state index contributed by atoms with van der Waals surface area (Å²) in [5.74, 6) is 0.124. The summed E-state index contributed by atoms with van der Waals surface area (Å²) in [6.07, 6.45) is 2.74. The molecule has 1 heterocycles. The zero-order chi connectivity index (χ0) is 23.8. The summed E-state index contributed by atoms with van der Waals surface area (Å²) < 4.78 is 33.8. The molecule has 7 nitrogen and oxygen atoms in total. The van der Waals surface area contributed by atoms with E-state index in [0.29, 0.717) is 37.7 Å². The van der Waals surface area contributed by atoms with Crippen molar-refractivity contribution in [3.8, 4) is 5.75 Å². The Balaban J connectivity index is 1.77. The van der Waals surface area contributed by atoms with Crippen LogP contribution in [0.4, 0.5) is 5.69 Å². The number of carbonyl (C=O) groups excluding carboxylic acids is 1. The van der Waals surface area contributed by atoms with Crippen LogP contribution in [0, 0.1) is 0 Å².